The van der Waals surface area contributed by atoms with Crippen molar-refractivity contribution in [2.24, 2.45) is 14.1 Å². The van der Waals surface area contributed by atoms with Gasteiger partial charge in [-0.2, -0.15) is 38.0 Å². The second-order valence-electron chi connectivity index (χ2n) is 19.9. The average Bonchev–Trinajstić information content (AvgIpc) is 3.32. The topological polar surface area (TPSA) is 244 Å². The molecule has 2 aromatic carbocycles. The summed E-state index contributed by atoms with van der Waals surface area (Å²) in [5.74, 6) is -0.00304. The van der Waals surface area contributed by atoms with Crippen LogP contribution in [0.2, 0.25) is 0 Å². The molecule has 2 aliphatic rings. The molecule has 0 bridgehead atoms. The summed E-state index contributed by atoms with van der Waals surface area (Å²) in [7, 11) is 7.23. The van der Waals surface area contributed by atoms with Crippen molar-refractivity contribution in [1.82, 2.24) is 68.5 Å². The first-order valence-electron chi connectivity index (χ1n) is 25.2. The van der Waals surface area contributed by atoms with Gasteiger partial charge in [0.25, 0.3) is 11.8 Å². The molecule has 12 rings (SSSR count). The zero-order valence-electron chi connectivity index (χ0n) is 44.4. The van der Waals surface area contributed by atoms with E-state index in [1.807, 2.05) is 24.2 Å². The number of nitrogens with zero attached hydrogens (tertiary/aromatic N) is 14. The average molecular weight is 1120 g/mol. The Morgan fingerprint density at radius 2 is 1.16 bits per heavy atom. The van der Waals surface area contributed by atoms with E-state index in [1.165, 1.54) is 73.4 Å². The van der Waals surface area contributed by atoms with E-state index in [0.717, 1.165) is 18.7 Å². The summed E-state index contributed by atoms with van der Waals surface area (Å²) < 4.78 is 80.8. The predicted molar refractivity (Wildman–Crippen MR) is 287 cm³/mol. The third-order valence-corrected chi connectivity index (χ3v) is 13.4. The van der Waals surface area contributed by atoms with Gasteiger partial charge >= 0.3 is 13.2 Å². The van der Waals surface area contributed by atoms with Crippen molar-refractivity contribution in [3.8, 4) is 57.1 Å². The third-order valence-electron chi connectivity index (χ3n) is 13.4. The third kappa shape index (κ3) is 11.3. The van der Waals surface area contributed by atoms with Crippen molar-refractivity contribution in [1.29, 1.82) is 0 Å². The summed E-state index contributed by atoms with van der Waals surface area (Å²) in [4.78, 5) is 47.7. The van der Waals surface area contributed by atoms with Gasteiger partial charge < -0.3 is 39.6 Å². The molecule has 0 unspecified atom stereocenters. The Morgan fingerprint density at radius 1 is 0.634 bits per heavy atom. The van der Waals surface area contributed by atoms with Gasteiger partial charge in [-0.1, -0.05) is 13.0 Å². The molecule has 27 heteroatoms. The van der Waals surface area contributed by atoms with Gasteiger partial charge in [-0.25, -0.2) is 24.0 Å². The molecule has 0 spiro atoms. The van der Waals surface area contributed by atoms with E-state index < -0.39 is 30.6 Å². The van der Waals surface area contributed by atoms with E-state index in [0.29, 0.717) is 41.6 Å². The molecule has 8 aromatic heterocycles. The minimum atomic E-state index is -3.10. The van der Waals surface area contributed by atoms with Gasteiger partial charge in [0.15, 0.2) is 11.3 Å². The Bertz CT molecular complexity index is 3750. The fraction of sp³-hybridized carbons (Fsp3) is 0.236. The number of β-amino-alcohol motifs (C(OH)–C–C–N with tert-alkyl or cyclic N) is 1. The van der Waals surface area contributed by atoms with Gasteiger partial charge in [0.1, 0.15) is 56.9 Å². The summed E-state index contributed by atoms with van der Waals surface area (Å²) in [6.07, 6.45) is 15.7. The quantitative estimate of drug-likeness (QED) is 0.0786. The summed E-state index contributed by atoms with van der Waals surface area (Å²) >= 11 is 0. The number of carbonyl (C=O) groups is 2. The van der Waals surface area contributed by atoms with Crippen LogP contribution in [0, 0.1) is 0 Å². The molecule has 2 amide bonds. The Hall–Kier alpha value is -9.86. The van der Waals surface area contributed by atoms with Crippen molar-refractivity contribution >= 4 is 34.5 Å². The molecule has 0 radical (unpaired) electrons. The molecule has 420 valence electrons. The van der Waals surface area contributed by atoms with E-state index in [2.05, 4.69) is 69.8 Å². The van der Waals surface area contributed by atoms with Crippen LogP contribution >= 0.6 is 0 Å². The summed E-state index contributed by atoms with van der Waals surface area (Å²) in [5, 5.41) is 33.5. The van der Waals surface area contributed by atoms with Crippen LogP contribution in [0.3, 0.4) is 0 Å². The van der Waals surface area contributed by atoms with Crippen molar-refractivity contribution in [3.63, 3.8) is 0 Å². The number of halogens is 4. The Labute approximate surface area is 463 Å². The molecule has 23 nitrogen and oxygen atoms in total. The maximum Gasteiger partial charge on any atom is 0.387 e. The molecule has 10 aromatic rings. The van der Waals surface area contributed by atoms with Crippen LogP contribution < -0.4 is 29.6 Å². The highest BCUT2D eigenvalue weighted by atomic mass is 19.3. The maximum atomic E-state index is 13.4. The monoisotopic (exact) mass is 1120 g/mol. The number of amides is 2. The number of hydrogen-bond acceptors (Lipinski definition) is 17. The van der Waals surface area contributed by atoms with Crippen LogP contribution in [0.15, 0.2) is 135 Å². The minimum Gasteiger partial charge on any atom is -0.456 e. The first-order chi connectivity index (χ1) is 39.4. The van der Waals surface area contributed by atoms with E-state index in [9.17, 15) is 32.3 Å². The lowest BCUT2D eigenvalue weighted by atomic mass is 9.76. The molecule has 3 N–H and O–H groups in total. The van der Waals surface area contributed by atoms with E-state index >= 15 is 0 Å². The minimum absolute atomic E-state index is 0.0289. The lowest BCUT2D eigenvalue weighted by molar-refractivity contribution is -0.0951. The summed E-state index contributed by atoms with van der Waals surface area (Å²) in [6, 6.07) is 19.0. The van der Waals surface area contributed by atoms with Crippen LogP contribution in [0.5, 0.6) is 34.6 Å². The smallest absolute Gasteiger partial charge is 0.387 e. The number of aliphatic hydroxyl groups is 1. The zero-order chi connectivity index (χ0) is 57.5. The van der Waals surface area contributed by atoms with Crippen LogP contribution in [-0.2, 0) is 25.1 Å². The van der Waals surface area contributed by atoms with Gasteiger partial charge in [-0.15, -0.1) is 0 Å². The summed E-state index contributed by atoms with van der Waals surface area (Å²) in [6.45, 7) is -1.33. The molecule has 82 heavy (non-hydrogen) atoms. The van der Waals surface area contributed by atoms with Crippen molar-refractivity contribution in [2.75, 3.05) is 50.9 Å². The summed E-state index contributed by atoms with van der Waals surface area (Å²) in [5.41, 5.74) is 2.80. The van der Waals surface area contributed by atoms with E-state index in [1.54, 1.807) is 81.6 Å². The highest BCUT2D eigenvalue weighted by Gasteiger charge is 2.42. The van der Waals surface area contributed by atoms with Crippen LogP contribution in [-0.4, -0.2) is 139 Å². The lowest BCUT2D eigenvalue weighted by Crippen LogP contribution is -2.57. The highest BCUT2D eigenvalue weighted by molar-refractivity contribution is 6.10. The van der Waals surface area contributed by atoms with Crippen molar-refractivity contribution < 1.29 is 51.2 Å². The normalized spacial score (nSPS) is 14.7. The van der Waals surface area contributed by atoms with Crippen molar-refractivity contribution in [3.05, 3.63) is 157 Å². The number of carbonyl (C=O) groups excluding carboxylic acids is 2. The van der Waals surface area contributed by atoms with Gasteiger partial charge in [-0.3, -0.25) is 28.8 Å². The van der Waals surface area contributed by atoms with Gasteiger partial charge in [0, 0.05) is 95.1 Å². The number of alkyl halides is 4. The number of likely N-dealkylation sites (tertiary alicyclic amines) is 2. The largest absolute Gasteiger partial charge is 0.456 e. The second-order valence-corrected chi connectivity index (χ2v) is 19.9. The SMILES string of the molecule is CN1CC(C)(c2cncc(Oc3ccc(OC(F)F)c(-c4nn(C)cc4NC(=O)c4cnn5cccnc45)c3)c2)C1.CN1CC(O)(c2cccc(Oc3ccc(OC(F)F)c(-c4nn(C)cc4NC(=O)c4cnn5cccnc45)c3)n2)C1. The maximum absolute atomic E-state index is 13.4. The number of benzene rings is 2. The number of ether oxygens (including phenoxy) is 4. The molecule has 2 aliphatic heterocycles. The van der Waals surface area contributed by atoms with E-state index in [-0.39, 0.29) is 73.6 Å². The molecule has 2 saturated heterocycles. The number of hydrogen-bond donors (Lipinski definition) is 3. The molecule has 0 atom stereocenters. The number of rotatable bonds is 16. The number of aryl methyl sites for hydroxylation is 2. The molecule has 0 saturated carbocycles. The first-order valence-corrected chi connectivity index (χ1v) is 25.2. The molecular formula is C55H50F4N16O7. The second kappa shape index (κ2) is 22.0. The number of nitrogens with one attached hydrogen (secondary N) is 2. The standard InChI is InChI=1S/C28H26F2N8O3.C27H24F2N8O4/c1-28(15-36(2)16-28)17-9-19(12-31-11-17)40-18-5-6-23(41-27(29)30)20(10-18)24-22(14-37(3)35-24)34-26(39)21-13-33-38-8-4-7-32-25(21)38;1-35-14-27(39,15-35)21-5-3-6-22(33-21)40-16-7-8-20(41-26(28)29)17(11-16)23-19(13-36(2)34-23)32-25(38)18-12-31-37-10-4-9-30-24(18)37/h4-14,27H,15-16H2,1-3H3,(H,34,39);3-13,26,39H,14-15H2,1-2H3,(H,32,38). The number of likely N-dealkylation sites (N-methyl/N-ethyl adjacent to an activating group) is 2. The lowest BCUT2D eigenvalue weighted by Gasteiger charge is -2.46. The predicted octanol–water partition coefficient (Wildman–Crippen LogP) is 7.68. The van der Waals surface area contributed by atoms with Crippen LogP contribution in [0.25, 0.3) is 33.8 Å². The fourth-order valence-electron chi connectivity index (χ4n) is 9.95. The Morgan fingerprint density at radius 3 is 1.67 bits per heavy atom. The fourth-order valence-corrected chi connectivity index (χ4v) is 9.95. The Kier molecular flexibility index (Phi) is 14.5. The highest BCUT2D eigenvalue weighted by Crippen LogP contribution is 2.42. The number of anilines is 2. The number of aromatic nitrogens is 12. The van der Waals surface area contributed by atoms with Gasteiger partial charge in [0.05, 0.1) is 46.8 Å². The number of fused-ring (bicyclic) bond motifs is 2. The number of pyridine rings is 2. The van der Waals surface area contributed by atoms with Gasteiger partial charge in [-0.05, 0) is 80.3 Å². The Balaban J connectivity index is 0.000000172. The molecule has 10 heterocycles. The van der Waals surface area contributed by atoms with Crippen LogP contribution in [0.1, 0.15) is 38.9 Å². The first kappa shape index (κ1) is 54.1. The van der Waals surface area contributed by atoms with E-state index in [4.69, 9.17) is 18.9 Å². The molecule has 2 fully saturated rings. The molecular weight excluding hydrogens is 1070 g/mol. The van der Waals surface area contributed by atoms with Gasteiger partial charge in [0.2, 0.25) is 5.88 Å². The van der Waals surface area contributed by atoms with Crippen molar-refractivity contribution in [2.45, 2.75) is 31.2 Å². The zero-order valence-corrected chi connectivity index (χ0v) is 44.4. The molecule has 0 aliphatic carbocycles. The van der Waals surface area contributed by atoms with Crippen LogP contribution in [0.4, 0.5) is 28.9 Å².